The van der Waals surface area contributed by atoms with Crippen molar-refractivity contribution in [3.63, 3.8) is 0 Å². The van der Waals surface area contributed by atoms with Crippen LogP contribution in [0, 0.1) is 0 Å². The number of nitrogens with zero attached hydrogens (tertiary/aromatic N) is 2. The molecule has 0 radical (unpaired) electrons. The lowest BCUT2D eigenvalue weighted by Crippen LogP contribution is -2.49. The molecule has 2 N–H and O–H groups in total. The van der Waals surface area contributed by atoms with Crippen LogP contribution in [-0.2, 0) is 9.59 Å². The SMILES string of the molecule is CCN(CC(=O)NC)C(=O)N(CCC(=O)O)C(C)C. The molecule has 0 aliphatic heterocycles. The minimum atomic E-state index is -0.951. The van der Waals surface area contributed by atoms with Gasteiger partial charge in [0.1, 0.15) is 6.54 Å². The first-order valence-electron chi connectivity index (χ1n) is 6.31. The van der Waals surface area contributed by atoms with Crippen LogP contribution in [0.15, 0.2) is 0 Å². The largest absolute Gasteiger partial charge is 0.481 e. The monoisotopic (exact) mass is 273 g/mol. The van der Waals surface area contributed by atoms with Gasteiger partial charge in [-0.05, 0) is 20.8 Å². The Kier molecular flexibility index (Phi) is 7.55. The third-order valence-corrected chi connectivity index (χ3v) is 2.70. The van der Waals surface area contributed by atoms with Crippen molar-refractivity contribution in [2.45, 2.75) is 33.2 Å². The van der Waals surface area contributed by atoms with Crippen LogP contribution in [0.1, 0.15) is 27.2 Å². The summed E-state index contributed by atoms with van der Waals surface area (Å²) in [5.41, 5.74) is 0. The third kappa shape index (κ3) is 6.08. The highest BCUT2D eigenvalue weighted by molar-refractivity contribution is 5.84. The molecule has 0 aromatic rings. The standard InChI is InChI=1S/C12H23N3O4/c1-5-14(8-10(16)13-4)12(19)15(9(2)3)7-6-11(17)18/h9H,5-8H2,1-4H3,(H,13,16)(H,17,18). The number of carboxylic acid groups (broad SMARTS) is 1. The van der Waals surface area contributed by atoms with E-state index in [1.165, 1.54) is 16.8 Å². The number of hydrogen-bond donors (Lipinski definition) is 2. The first kappa shape index (κ1) is 17.2. The number of rotatable bonds is 7. The highest BCUT2D eigenvalue weighted by Gasteiger charge is 2.24. The molecule has 0 saturated carbocycles. The number of likely N-dealkylation sites (N-methyl/N-ethyl adjacent to an activating group) is 2. The van der Waals surface area contributed by atoms with Gasteiger partial charge in [0.05, 0.1) is 6.42 Å². The van der Waals surface area contributed by atoms with Crippen LogP contribution in [0.3, 0.4) is 0 Å². The van der Waals surface area contributed by atoms with Crippen molar-refractivity contribution < 1.29 is 19.5 Å². The average molecular weight is 273 g/mol. The molecule has 0 aromatic carbocycles. The first-order chi connectivity index (χ1) is 8.83. The summed E-state index contributed by atoms with van der Waals surface area (Å²) in [5, 5.41) is 11.1. The van der Waals surface area contributed by atoms with E-state index >= 15 is 0 Å². The van der Waals surface area contributed by atoms with E-state index < -0.39 is 5.97 Å². The molecule has 0 bridgehead atoms. The fourth-order valence-electron chi connectivity index (χ4n) is 1.54. The molecular formula is C12H23N3O4. The van der Waals surface area contributed by atoms with E-state index in [-0.39, 0.29) is 37.5 Å². The third-order valence-electron chi connectivity index (χ3n) is 2.70. The van der Waals surface area contributed by atoms with E-state index in [4.69, 9.17) is 5.11 Å². The molecule has 3 amide bonds. The van der Waals surface area contributed by atoms with Crippen molar-refractivity contribution in [1.29, 1.82) is 0 Å². The molecule has 0 saturated heterocycles. The fourth-order valence-corrected chi connectivity index (χ4v) is 1.54. The van der Waals surface area contributed by atoms with E-state index in [2.05, 4.69) is 5.32 Å². The van der Waals surface area contributed by atoms with Gasteiger partial charge in [-0.1, -0.05) is 0 Å². The minimum Gasteiger partial charge on any atom is -0.481 e. The Morgan fingerprint density at radius 2 is 1.84 bits per heavy atom. The van der Waals surface area contributed by atoms with Crippen molar-refractivity contribution in [3.8, 4) is 0 Å². The van der Waals surface area contributed by atoms with Crippen molar-refractivity contribution in [1.82, 2.24) is 15.1 Å². The van der Waals surface area contributed by atoms with E-state index in [9.17, 15) is 14.4 Å². The zero-order valence-corrected chi connectivity index (χ0v) is 12.0. The summed E-state index contributed by atoms with van der Waals surface area (Å²) in [6.07, 6.45) is -0.110. The number of nitrogens with one attached hydrogen (secondary N) is 1. The van der Waals surface area contributed by atoms with Gasteiger partial charge < -0.3 is 20.2 Å². The number of aliphatic carboxylic acids is 1. The molecule has 0 fully saturated rings. The predicted octanol–water partition coefficient (Wildman–Crippen LogP) is 0.359. The summed E-state index contributed by atoms with van der Waals surface area (Å²) in [6, 6.07) is -0.437. The second-order valence-electron chi connectivity index (χ2n) is 4.40. The molecule has 0 spiro atoms. The van der Waals surface area contributed by atoms with Gasteiger partial charge in [0, 0.05) is 26.2 Å². The summed E-state index contributed by atoms with van der Waals surface area (Å²) < 4.78 is 0. The van der Waals surface area contributed by atoms with Crippen molar-refractivity contribution in [2.75, 3.05) is 26.7 Å². The van der Waals surface area contributed by atoms with E-state index in [1.54, 1.807) is 6.92 Å². The summed E-state index contributed by atoms with van der Waals surface area (Å²) >= 11 is 0. The maximum atomic E-state index is 12.3. The molecule has 7 heteroatoms. The van der Waals surface area contributed by atoms with Gasteiger partial charge >= 0.3 is 12.0 Å². The molecule has 0 rings (SSSR count). The maximum absolute atomic E-state index is 12.3. The maximum Gasteiger partial charge on any atom is 0.320 e. The van der Waals surface area contributed by atoms with E-state index in [0.29, 0.717) is 6.54 Å². The predicted molar refractivity (Wildman–Crippen MR) is 70.8 cm³/mol. The Morgan fingerprint density at radius 3 is 2.21 bits per heavy atom. The van der Waals surface area contributed by atoms with Crippen LogP contribution < -0.4 is 5.32 Å². The molecule has 0 unspecified atom stereocenters. The van der Waals surface area contributed by atoms with Gasteiger partial charge in [0.15, 0.2) is 0 Å². The molecule has 110 valence electrons. The Bertz CT molecular complexity index is 331. The summed E-state index contributed by atoms with van der Waals surface area (Å²) in [6.45, 7) is 5.90. The van der Waals surface area contributed by atoms with Gasteiger partial charge in [-0.3, -0.25) is 9.59 Å². The van der Waals surface area contributed by atoms with Gasteiger partial charge in [0.25, 0.3) is 0 Å². The Labute approximate surface area is 113 Å². The smallest absolute Gasteiger partial charge is 0.320 e. The number of carboxylic acids is 1. The number of carbonyl (C=O) groups excluding carboxylic acids is 2. The number of carbonyl (C=O) groups is 3. The highest BCUT2D eigenvalue weighted by Crippen LogP contribution is 2.06. The normalized spacial score (nSPS) is 10.2. The zero-order valence-electron chi connectivity index (χ0n) is 12.0. The highest BCUT2D eigenvalue weighted by atomic mass is 16.4. The van der Waals surface area contributed by atoms with Crippen molar-refractivity contribution in [3.05, 3.63) is 0 Å². The minimum absolute atomic E-state index is 0.0257. The lowest BCUT2D eigenvalue weighted by molar-refractivity contribution is -0.137. The topological polar surface area (TPSA) is 90.0 Å². The molecule has 0 aromatic heterocycles. The van der Waals surface area contributed by atoms with Crippen LogP contribution >= 0.6 is 0 Å². The summed E-state index contributed by atoms with van der Waals surface area (Å²) in [4.78, 5) is 37.0. The van der Waals surface area contributed by atoms with E-state index in [1.807, 2.05) is 13.8 Å². The van der Waals surface area contributed by atoms with Gasteiger partial charge in [0.2, 0.25) is 5.91 Å². The molecular weight excluding hydrogens is 250 g/mol. The number of hydrogen-bond acceptors (Lipinski definition) is 3. The van der Waals surface area contributed by atoms with Crippen LogP contribution in [0.5, 0.6) is 0 Å². The lowest BCUT2D eigenvalue weighted by atomic mass is 10.3. The van der Waals surface area contributed by atoms with Gasteiger partial charge in [-0.15, -0.1) is 0 Å². The molecule has 0 aliphatic carbocycles. The molecule has 19 heavy (non-hydrogen) atoms. The van der Waals surface area contributed by atoms with Crippen LogP contribution in [0.4, 0.5) is 4.79 Å². The fraction of sp³-hybridized carbons (Fsp3) is 0.750. The number of urea groups is 1. The van der Waals surface area contributed by atoms with E-state index in [0.717, 1.165) is 0 Å². The van der Waals surface area contributed by atoms with Gasteiger partial charge in [-0.2, -0.15) is 0 Å². The van der Waals surface area contributed by atoms with Crippen LogP contribution in [0.25, 0.3) is 0 Å². The second-order valence-corrected chi connectivity index (χ2v) is 4.40. The quantitative estimate of drug-likeness (QED) is 0.700. The summed E-state index contributed by atoms with van der Waals surface area (Å²) in [7, 11) is 1.51. The van der Waals surface area contributed by atoms with Crippen molar-refractivity contribution >= 4 is 17.9 Å². The molecule has 7 nitrogen and oxygen atoms in total. The Hall–Kier alpha value is -1.79. The van der Waals surface area contributed by atoms with Crippen LogP contribution in [0.2, 0.25) is 0 Å². The number of amides is 3. The zero-order chi connectivity index (χ0) is 15.0. The Balaban J connectivity index is 4.74. The second kappa shape index (κ2) is 8.34. The first-order valence-corrected chi connectivity index (χ1v) is 6.31. The Morgan fingerprint density at radius 1 is 1.26 bits per heavy atom. The van der Waals surface area contributed by atoms with Crippen molar-refractivity contribution in [2.24, 2.45) is 0 Å². The van der Waals surface area contributed by atoms with Gasteiger partial charge in [-0.25, -0.2) is 4.79 Å². The van der Waals surface area contributed by atoms with Crippen LogP contribution in [-0.4, -0.2) is 65.5 Å². The average Bonchev–Trinajstić information content (AvgIpc) is 2.34. The molecule has 0 aliphatic rings. The lowest BCUT2D eigenvalue weighted by Gasteiger charge is -2.32. The summed E-state index contributed by atoms with van der Waals surface area (Å²) in [5.74, 6) is -1.20. The molecule has 0 heterocycles. The molecule has 0 atom stereocenters.